The van der Waals surface area contributed by atoms with E-state index < -0.39 is 18.8 Å². The molecule has 1 aliphatic rings. The molecule has 29 heavy (non-hydrogen) atoms. The Morgan fingerprint density at radius 1 is 1.10 bits per heavy atom. The Kier molecular flexibility index (Phi) is 6.36. The van der Waals surface area contributed by atoms with Gasteiger partial charge in [-0.3, -0.25) is 4.79 Å². The molecule has 156 valence electrons. The third-order valence-corrected chi connectivity index (χ3v) is 4.03. The maximum atomic E-state index is 12.5. The predicted octanol–water partition coefficient (Wildman–Crippen LogP) is 4.23. The molecule has 0 saturated heterocycles. The molecule has 0 fully saturated rings. The Balaban J connectivity index is 1.59. The SMILES string of the molecule is CC(Nc1cccc(OCC(F)(F)F)c1)C(=O)Nc1ccc2c(c1)OCCCO2. The summed E-state index contributed by atoms with van der Waals surface area (Å²) in [6.07, 6.45) is -3.64. The predicted molar refractivity (Wildman–Crippen MR) is 102 cm³/mol. The number of alkyl halides is 3. The fraction of sp³-hybridized carbons (Fsp3) is 0.350. The second-order valence-electron chi connectivity index (χ2n) is 6.50. The van der Waals surface area contributed by atoms with E-state index in [1.165, 1.54) is 12.1 Å². The van der Waals surface area contributed by atoms with Crippen LogP contribution in [0, 0.1) is 0 Å². The third kappa shape index (κ3) is 6.20. The minimum absolute atomic E-state index is 0.0582. The summed E-state index contributed by atoms with van der Waals surface area (Å²) in [5.74, 6) is 0.932. The summed E-state index contributed by atoms with van der Waals surface area (Å²) in [5, 5.41) is 5.72. The van der Waals surface area contributed by atoms with Crippen LogP contribution in [-0.4, -0.2) is 37.9 Å². The van der Waals surface area contributed by atoms with Crippen molar-refractivity contribution in [1.82, 2.24) is 0 Å². The zero-order chi connectivity index (χ0) is 20.9. The Hall–Kier alpha value is -3.10. The molecule has 6 nitrogen and oxygen atoms in total. The Morgan fingerprint density at radius 3 is 2.62 bits per heavy atom. The molecule has 3 rings (SSSR count). The molecule has 2 aromatic carbocycles. The topological polar surface area (TPSA) is 68.8 Å². The van der Waals surface area contributed by atoms with Crippen LogP contribution in [0.1, 0.15) is 13.3 Å². The number of anilines is 2. The van der Waals surface area contributed by atoms with E-state index in [9.17, 15) is 18.0 Å². The van der Waals surface area contributed by atoms with Crippen LogP contribution in [0.5, 0.6) is 17.2 Å². The maximum absolute atomic E-state index is 12.5. The highest BCUT2D eigenvalue weighted by Gasteiger charge is 2.28. The molecule has 0 spiro atoms. The Morgan fingerprint density at radius 2 is 1.86 bits per heavy atom. The molecule has 0 aliphatic carbocycles. The Bertz CT molecular complexity index is 858. The summed E-state index contributed by atoms with van der Waals surface area (Å²) in [5.41, 5.74) is 1.01. The van der Waals surface area contributed by atoms with Gasteiger partial charge in [-0.1, -0.05) is 6.07 Å². The van der Waals surface area contributed by atoms with Crippen molar-refractivity contribution in [3.63, 3.8) is 0 Å². The maximum Gasteiger partial charge on any atom is 0.422 e. The summed E-state index contributed by atoms with van der Waals surface area (Å²) < 4.78 is 52.7. The first kappa shape index (κ1) is 20.6. The van der Waals surface area contributed by atoms with Crippen molar-refractivity contribution in [1.29, 1.82) is 0 Å². The number of carbonyl (C=O) groups is 1. The van der Waals surface area contributed by atoms with E-state index in [0.29, 0.717) is 36.1 Å². The van der Waals surface area contributed by atoms with Gasteiger partial charge in [0.1, 0.15) is 11.8 Å². The normalized spacial score (nSPS) is 14.5. The van der Waals surface area contributed by atoms with E-state index in [0.717, 1.165) is 6.42 Å². The number of ether oxygens (including phenoxy) is 3. The first-order valence-electron chi connectivity index (χ1n) is 9.07. The molecule has 1 atom stereocenters. The molecule has 2 aromatic rings. The molecular formula is C20H21F3N2O4. The quantitative estimate of drug-likeness (QED) is 0.746. The largest absolute Gasteiger partial charge is 0.490 e. The van der Waals surface area contributed by atoms with Gasteiger partial charge in [-0.05, 0) is 31.2 Å². The van der Waals surface area contributed by atoms with E-state index in [-0.39, 0.29) is 11.7 Å². The summed E-state index contributed by atoms with van der Waals surface area (Å²) >= 11 is 0. The molecule has 9 heteroatoms. The van der Waals surface area contributed by atoms with Crippen LogP contribution in [0.3, 0.4) is 0 Å². The van der Waals surface area contributed by atoms with Gasteiger partial charge < -0.3 is 24.8 Å². The lowest BCUT2D eigenvalue weighted by Gasteiger charge is -2.17. The number of hydrogen-bond donors (Lipinski definition) is 2. The molecule has 1 amide bonds. The monoisotopic (exact) mass is 410 g/mol. The first-order valence-corrected chi connectivity index (χ1v) is 9.07. The number of fused-ring (bicyclic) bond motifs is 1. The van der Waals surface area contributed by atoms with Crippen LogP contribution in [0.4, 0.5) is 24.5 Å². The zero-order valence-electron chi connectivity index (χ0n) is 15.7. The number of rotatable bonds is 6. The lowest BCUT2D eigenvalue weighted by Crippen LogP contribution is -2.31. The second-order valence-corrected chi connectivity index (χ2v) is 6.50. The summed E-state index contributed by atoms with van der Waals surface area (Å²) in [7, 11) is 0. The molecule has 0 aromatic heterocycles. The van der Waals surface area contributed by atoms with Crippen molar-refractivity contribution < 1.29 is 32.2 Å². The summed E-state index contributed by atoms with van der Waals surface area (Å²) in [6, 6.07) is 10.5. The average Bonchev–Trinajstić information content (AvgIpc) is 2.91. The van der Waals surface area contributed by atoms with Gasteiger partial charge in [-0.15, -0.1) is 0 Å². The number of nitrogens with one attached hydrogen (secondary N) is 2. The molecule has 0 radical (unpaired) electrons. The van der Waals surface area contributed by atoms with Gasteiger partial charge in [0.05, 0.1) is 13.2 Å². The van der Waals surface area contributed by atoms with Gasteiger partial charge in [0, 0.05) is 29.9 Å². The van der Waals surface area contributed by atoms with Gasteiger partial charge in [-0.25, -0.2) is 0 Å². The van der Waals surface area contributed by atoms with Gasteiger partial charge >= 0.3 is 6.18 Å². The highest BCUT2D eigenvalue weighted by molar-refractivity contribution is 5.96. The summed E-state index contributed by atoms with van der Waals surface area (Å²) in [6.45, 7) is 1.37. The highest BCUT2D eigenvalue weighted by atomic mass is 19.4. The van der Waals surface area contributed by atoms with Gasteiger partial charge in [0.2, 0.25) is 5.91 Å². The van der Waals surface area contributed by atoms with E-state index in [1.54, 1.807) is 37.3 Å². The minimum Gasteiger partial charge on any atom is -0.490 e. The molecule has 0 bridgehead atoms. The fourth-order valence-electron chi connectivity index (χ4n) is 2.65. The van der Waals surface area contributed by atoms with E-state index in [4.69, 9.17) is 14.2 Å². The van der Waals surface area contributed by atoms with Crippen LogP contribution in [0.25, 0.3) is 0 Å². The molecular weight excluding hydrogens is 389 g/mol. The Labute approximate surface area is 166 Å². The van der Waals surface area contributed by atoms with Crippen LogP contribution >= 0.6 is 0 Å². The van der Waals surface area contributed by atoms with E-state index >= 15 is 0 Å². The van der Waals surface area contributed by atoms with Crippen LogP contribution < -0.4 is 24.8 Å². The van der Waals surface area contributed by atoms with Gasteiger partial charge in [-0.2, -0.15) is 13.2 Å². The van der Waals surface area contributed by atoms with E-state index in [2.05, 4.69) is 10.6 Å². The minimum atomic E-state index is -4.42. The lowest BCUT2D eigenvalue weighted by atomic mass is 10.2. The van der Waals surface area contributed by atoms with Crippen molar-refractivity contribution >= 4 is 17.3 Å². The lowest BCUT2D eigenvalue weighted by molar-refractivity contribution is -0.153. The average molecular weight is 410 g/mol. The summed E-state index contributed by atoms with van der Waals surface area (Å²) in [4.78, 5) is 12.5. The molecule has 1 heterocycles. The smallest absolute Gasteiger partial charge is 0.422 e. The zero-order valence-corrected chi connectivity index (χ0v) is 15.7. The van der Waals surface area contributed by atoms with Crippen molar-refractivity contribution in [3.05, 3.63) is 42.5 Å². The third-order valence-electron chi connectivity index (χ3n) is 4.03. The van der Waals surface area contributed by atoms with Crippen molar-refractivity contribution in [2.24, 2.45) is 0 Å². The van der Waals surface area contributed by atoms with Crippen LogP contribution in [-0.2, 0) is 4.79 Å². The van der Waals surface area contributed by atoms with Gasteiger partial charge in [0.25, 0.3) is 0 Å². The van der Waals surface area contributed by atoms with Crippen molar-refractivity contribution in [2.75, 3.05) is 30.5 Å². The number of amides is 1. The number of carbonyl (C=O) groups excluding carboxylic acids is 1. The van der Waals surface area contributed by atoms with Crippen LogP contribution in [0.15, 0.2) is 42.5 Å². The van der Waals surface area contributed by atoms with Crippen molar-refractivity contribution in [3.8, 4) is 17.2 Å². The van der Waals surface area contributed by atoms with Gasteiger partial charge in [0.15, 0.2) is 18.1 Å². The van der Waals surface area contributed by atoms with E-state index in [1.807, 2.05) is 0 Å². The first-order chi connectivity index (χ1) is 13.8. The van der Waals surface area contributed by atoms with Crippen LogP contribution in [0.2, 0.25) is 0 Å². The highest BCUT2D eigenvalue weighted by Crippen LogP contribution is 2.32. The van der Waals surface area contributed by atoms with Crippen molar-refractivity contribution in [2.45, 2.75) is 25.6 Å². The second kappa shape index (κ2) is 8.93. The number of halogens is 3. The number of hydrogen-bond acceptors (Lipinski definition) is 5. The fourth-order valence-corrected chi connectivity index (χ4v) is 2.65. The number of benzene rings is 2. The molecule has 2 N–H and O–H groups in total. The molecule has 1 aliphatic heterocycles. The molecule has 0 saturated carbocycles. The molecule has 1 unspecified atom stereocenters. The standard InChI is InChI=1S/C20H21F3N2O4/c1-13(24-14-4-2-5-16(10-14)29-12-20(21,22)23)19(26)25-15-6-7-17-18(11-15)28-9-3-8-27-17/h2,4-7,10-11,13,24H,3,8-9,12H2,1H3,(H,25,26).